The van der Waals surface area contributed by atoms with E-state index < -0.39 is 23.5 Å². The zero-order valence-electron chi connectivity index (χ0n) is 9.81. The Kier molecular flexibility index (Phi) is 3.75. The number of carbonyl (C=O) groups excluding carboxylic acids is 1. The minimum absolute atomic E-state index is 0.115. The molecule has 0 bridgehead atoms. The molecule has 0 atom stereocenters. The number of halogens is 2. The zero-order valence-corrected chi connectivity index (χ0v) is 10.6. The van der Waals surface area contributed by atoms with Gasteiger partial charge in [0.1, 0.15) is 16.6 Å². The molecule has 0 saturated carbocycles. The number of thiazole rings is 1. The van der Waals surface area contributed by atoms with Gasteiger partial charge in [-0.15, -0.1) is 11.3 Å². The van der Waals surface area contributed by atoms with Crippen molar-refractivity contribution in [1.29, 1.82) is 0 Å². The van der Waals surface area contributed by atoms with E-state index in [1.54, 1.807) is 6.92 Å². The van der Waals surface area contributed by atoms with E-state index in [-0.39, 0.29) is 22.1 Å². The number of aromatic hydroxyl groups is 1. The summed E-state index contributed by atoms with van der Waals surface area (Å²) in [4.78, 5) is 14.9. The number of ether oxygens (including phenoxy) is 1. The third-order valence-corrected chi connectivity index (χ3v) is 3.29. The predicted molar refractivity (Wildman–Crippen MR) is 65.1 cm³/mol. The Balaban J connectivity index is 2.48. The van der Waals surface area contributed by atoms with Gasteiger partial charge in [-0.3, -0.25) is 0 Å². The van der Waals surface area contributed by atoms with E-state index in [4.69, 9.17) is 4.74 Å². The standard InChI is InChI=1S/C12H9F2NO3S/c1-2-18-12(17)9-10(16)15-11(19-9)8-6(13)4-3-5-7(8)14/h3-5,16H,2H2,1H3. The summed E-state index contributed by atoms with van der Waals surface area (Å²) in [6.07, 6.45) is 0. The van der Waals surface area contributed by atoms with E-state index in [2.05, 4.69) is 4.98 Å². The molecule has 0 amide bonds. The molecular weight excluding hydrogens is 276 g/mol. The molecule has 0 radical (unpaired) electrons. The Morgan fingerprint density at radius 1 is 1.42 bits per heavy atom. The molecule has 1 heterocycles. The predicted octanol–water partition coefficient (Wildman–Crippen LogP) is 2.97. The van der Waals surface area contributed by atoms with Crippen LogP contribution in [-0.2, 0) is 4.74 Å². The number of carbonyl (C=O) groups is 1. The average Bonchev–Trinajstić information content (AvgIpc) is 2.71. The highest BCUT2D eigenvalue weighted by Crippen LogP contribution is 2.34. The van der Waals surface area contributed by atoms with Crippen LogP contribution in [-0.4, -0.2) is 22.7 Å². The summed E-state index contributed by atoms with van der Waals surface area (Å²) in [5.41, 5.74) is -0.377. The minimum Gasteiger partial charge on any atom is -0.492 e. The second-order valence-electron chi connectivity index (χ2n) is 3.49. The summed E-state index contributed by atoms with van der Waals surface area (Å²) in [6.45, 7) is 1.73. The Bertz CT molecular complexity index is 607. The molecule has 0 saturated heterocycles. The summed E-state index contributed by atoms with van der Waals surface area (Å²) in [5, 5.41) is 9.41. The highest BCUT2D eigenvalue weighted by atomic mass is 32.1. The van der Waals surface area contributed by atoms with Crippen LogP contribution in [0.2, 0.25) is 0 Å². The lowest BCUT2D eigenvalue weighted by Gasteiger charge is -1.99. The van der Waals surface area contributed by atoms with Crippen molar-refractivity contribution in [3.8, 4) is 16.5 Å². The molecule has 1 aromatic heterocycles. The third kappa shape index (κ3) is 2.55. The quantitative estimate of drug-likeness (QED) is 0.881. The van der Waals surface area contributed by atoms with Crippen LogP contribution in [0, 0.1) is 11.6 Å². The molecule has 7 heteroatoms. The molecule has 1 aromatic carbocycles. The van der Waals surface area contributed by atoms with Crippen LogP contribution in [0.3, 0.4) is 0 Å². The zero-order chi connectivity index (χ0) is 14.0. The lowest BCUT2D eigenvalue weighted by Crippen LogP contribution is -2.02. The lowest BCUT2D eigenvalue weighted by molar-refractivity contribution is 0.0528. The second kappa shape index (κ2) is 5.31. The summed E-state index contributed by atoms with van der Waals surface area (Å²) < 4.78 is 31.8. The van der Waals surface area contributed by atoms with Gasteiger partial charge in [-0.25, -0.2) is 18.6 Å². The van der Waals surface area contributed by atoms with Crippen molar-refractivity contribution >= 4 is 17.3 Å². The van der Waals surface area contributed by atoms with E-state index in [0.29, 0.717) is 11.3 Å². The molecule has 19 heavy (non-hydrogen) atoms. The highest BCUT2D eigenvalue weighted by Gasteiger charge is 2.22. The van der Waals surface area contributed by atoms with Crippen molar-refractivity contribution in [1.82, 2.24) is 4.98 Å². The lowest BCUT2D eigenvalue weighted by atomic mass is 10.2. The van der Waals surface area contributed by atoms with Crippen LogP contribution >= 0.6 is 11.3 Å². The number of aromatic nitrogens is 1. The molecule has 0 aliphatic heterocycles. The van der Waals surface area contributed by atoms with Crippen LogP contribution in [0.1, 0.15) is 16.6 Å². The number of benzene rings is 1. The van der Waals surface area contributed by atoms with Crippen molar-refractivity contribution < 1.29 is 23.4 Å². The monoisotopic (exact) mass is 285 g/mol. The smallest absolute Gasteiger partial charge is 0.353 e. The molecule has 2 rings (SSSR count). The molecule has 2 aromatic rings. The molecule has 0 unspecified atom stereocenters. The van der Waals surface area contributed by atoms with Gasteiger partial charge in [-0.2, -0.15) is 0 Å². The Morgan fingerprint density at radius 3 is 2.63 bits per heavy atom. The van der Waals surface area contributed by atoms with Gasteiger partial charge < -0.3 is 9.84 Å². The van der Waals surface area contributed by atoms with E-state index >= 15 is 0 Å². The molecule has 0 aliphatic rings. The normalized spacial score (nSPS) is 10.5. The minimum atomic E-state index is -0.816. The SMILES string of the molecule is CCOC(=O)c1sc(-c2c(F)cccc2F)nc1O. The topological polar surface area (TPSA) is 59.4 Å². The number of hydrogen-bond donors (Lipinski definition) is 1. The average molecular weight is 285 g/mol. The molecule has 0 fully saturated rings. The van der Waals surface area contributed by atoms with E-state index in [1.807, 2.05) is 0 Å². The van der Waals surface area contributed by atoms with Gasteiger partial charge in [0.2, 0.25) is 5.88 Å². The van der Waals surface area contributed by atoms with Gasteiger partial charge in [-0.05, 0) is 19.1 Å². The maximum atomic E-state index is 13.6. The summed E-state index contributed by atoms with van der Waals surface area (Å²) in [5.74, 6) is -3.00. The van der Waals surface area contributed by atoms with Crippen molar-refractivity contribution in [3.05, 3.63) is 34.7 Å². The molecule has 1 N–H and O–H groups in total. The van der Waals surface area contributed by atoms with Crippen molar-refractivity contribution in [2.24, 2.45) is 0 Å². The maximum absolute atomic E-state index is 13.6. The first kappa shape index (κ1) is 13.4. The van der Waals surface area contributed by atoms with Crippen LogP contribution in [0.15, 0.2) is 18.2 Å². The van der Waals surface area contributed by atoms with Crippen LogP contribution < -0.4 is 0 Å². The number of nitrogens with zero attached hydrogens (tertiary/aromatic N) is 1. The second-order valence-corrected chi connectivity index (χ2v) is 4.49. The molecule has 0 spiro atoms. The third-order valence-electron chi connectivity index (χ3n) is 2.25. The first-order chi connectivity index (χ1) is 9.04. The fourth-order valence-electron chi connectivity index (χ4n) is 1.45. The van der Waals surface area contributed by atoms with Crippen LogP contribution in [0.4, 0.5) is 8.78 Å². The summed E-state index contributed by atoms with van der Waals surface area (Å²) in [6, 6.07) is 3.36. The Morgan fingerprint density at radius 2 is 2.05 bits per heavy atom. The summed E-state index contributed by atoms with van der Waals surface area (Å²) >= 11 is 0.673. The molecule has 100 valence electrons. The van der Waals surface area contributed by atoms with E-state index in [1.165, 1.54) is 6.07 Å². The number of rotatable bonds is 3. The number of esters is 1. The fraction of sp³-hybridized carbons (Fsp3) is 0.167. The van der Waals surface area contributed by atoms with E-state index in [0.717, 1.165) is 12.1 Å². The van der Waals surface area contributed by atoms with Gasteiger partial charge in [0.25, 0.3) is 0 Å². The maximum Gasteiger partial charge on any atom is 0.353 e. The first-order valence-electron chi connectivity index (χ1n) is 5.36. The van der Waals surface area contributed by atoms with Gasteiger partial charge in [0.15, 0.2) is 4.88 Å². The van der Waals surface area contributed by atoms with Crippen LogP contribution in [0.25, 0.3) is 10.6 Å². The van der Waals surface area contributed by atoms with Gasteiger partial charge in [0, 0.05) is 0 Å². The van der Waals surface area contributed by atoms with Gasteiger partial charge in [-0.1, -0.05) is 6.07 Å². The fourth-order valence-corrected chi connectivity index (χ4v) is 2.35. The molecule has 4 nitrogen and oxygen atoms in total. The molecule has 0 aliphatic carbocycles. The van der Waals surface area contributed by atoms with Crippen molar-refractivity contribution in [2.75, 3.05) is 6.61 Å². The Labute approximate surface area is 111 Å². The van der Waals surface area contributed by atoms with Crippen LogP contribution in [0.5, 0.6) is 5.88 Å². The largest absolute Gasteiger partial charge is 0.492 e. The van der Waals surface area contributed by atoms with Gasteiger partial charge in [0.05, 0.1) is 12.2 Å². The number of hydrogen-bond acceptors (Lipinski definition) is 5. The summed E-state index contributed by atoms with van der Waals surface area (Å²) in [7, 11) is 0. The van der Waals surface area contributed by atoms with Gasteiger partial charge >= 0.3 is 5.97 Å². The van der Waals surface area contributed by atoms with Crippen molar-refractivity contribution in [2.45, 2.75) is 6.92 Å². The first-order valence-corrected chi connectivity index (χ1v) is 6.17. The van der Waals surface area contributed by atoms with E-state index in [9.17, 15) is 18.7 Å². The van der Waals surface area contributed by atoms with Crippen molar-refractivity contribution in [3.63, 3.8) is 0 Å². The molecular formula is C12H9F2NO3S. The highest BCUT2D eigenvalue weighted by molar-refractivity contribution is 7.17. The Hall–Kier alpha value is -2.02.